The Labute approximate surface area is 133 Å². The molecule has 0 unspecified atom stereocenters. The second-order valence-electron chi connectivity index (χ2n) is 5.73. The fourth-order valence-corrected chi connectivity index (χ4v) is 4.76. The predicted octanol–water partition coefficient (Wildman–Crippen LogP) is 3.94. The van der Waals surface area contributed by atoms with Crippen LogP contribution in [-0.2, 0) is 22.3 Å². The van der Waals surface area contributed by atoms with E-state index >= 15 is 0 Å². The largest absolute Gasteiger partial charge is 0.243 e. The lowest BCUT2D eigenvalue weighted by Crippen LogP contribution is -2.38. The van der Waals surface area contributed by atoms with Crippen LogP contribution in [0.2, 0.25) is 0 Å². The zero-order valence-corrected chi connectivity index (χ0v) is 14.4. The summed E-state index contributed by atoms with van der Waals surface area (Å²) in [6.45, 7) is 2.05. The maximum absolute atomic E-state index is 12.8. The second-order valence-corrected chi connectivity index (χ2v) is 8.00. The molecule has 1 fully saturated rings. The molecule has 0 bridgehead atoms. The molecule has 1 aromatic carbocycles. The highest BCUT2D eigenvalue weighted by Crippen LogP contribution is 2.27. The van der Waals surface area contributed by atoms with Crippen molar-refractivity contribution in [3.63, 3.8) is 0 Å². The Morgan fingerprint density at radius 1 is 1.19 bits per heavy atom. The van der Waals surface area contributed by atoms with E-state index in [1.807, 2.05) is 13.0 Å². The average Bonchev–Trinajstić information content (AvgIpc) is 2.54. The van der Waals surface area contributed by atoms with Gasteiger partial charge in [-0.1, -0.05) is 32.3 Å². The van der Waals surface area contributed by atoms with E-state index < -0.39 is 10.0 Å². The molecule has 1 saturated carbocycles. The van der Waals surface area contributed by atoms with E-state index in [4.69, 9.17) is 11.6 Å². The first-order chi connectivity index (χ1) is 10.0. The molecule has 0 N–H and O–H groups in total. The van der Waals surface area contributed by atoms with E-state index in [-0.39, 0.29) is 6.04 Å². The highest BCUT2D eigenvalue weighted by Gasteiger charge is 2.29. The minimum Gasteiger partial charge on any atom is -0.207 e. The summed E-state index contributed by atoms with van der Waals surface area (Å²) in [5, 5.41) is 0. The zero-order valence-electron chi connectivity index (χ0n) is 12.8. The molecular weight excluding hydrogens is 306 g/mol. The minimum absolute atomic E-state index is 0.133. The van der Waals surface area contributed by atoms with Crippen molar-refractivity contribution < 1.29 is 8.42 Å². The van der Waals surface area contributed by atoms with Gasteiger partial charge < -0.3 is 0 Å². The van der Waals surface area contributed by atoms with Crippen LogP contribution in [0.4, 0.5) is 0 Å². The lowest BCUT2D eigenvalue weighted by atomic mass is 9.96. The van der Waals surface area contributed by atoms with Crippen molar-refractivity contribution in [2.45, 2.75) is 62.3 Å². The Morgan fingerprint density at radius 2 is 1.86 bits per heavy atom. The van der Waals surface area contributed by atoms with Crippen LogP contribution >= 0.6 is 11.6 Å². The van der Waals surface area contributed by atoms with Crippen molar-refractivity contribution in [2.24, 2.45) is 0 Å². The molecule has 2 rings (SSSR count). The first-order valence-corrected chi connectivity index (χ1v) is 9.64. The smallest absolute Gasteiger partial charge is 0.207 e. The predicted molar refractivity (Wildman–Crippen MR) is 87.2 cm³/mol. The lowest BCUT2D eigenvalue weighted by Gasteiger charge is -2.30. The van der Waals surface area contributed by atoms with E-state index in [2.05, 4.69) is 0 Å². The van der Waals surface area contributed by atoms with Crippen molar-refractivity contribution >= 4 is 21.6 Å². The van der Waals surface area contributed by atoms with Gasteiger partial charge in [-0.25, -0.2) is 8.42 Å². The van der Waals surface area contributed by atoms with Gasteiger partial charge in [-0.2, -0.15) is 4.31 Å². The quantitative estimate of drug-likeness (QED) is 0.767. The third-order valence-corrected chi connectivity index (χ3v) is 6.66. The molecule has 0 aliphatic heterocycles. The standard InChI is InChI=1S/C16H24ClNO2S/c1-3-13-9-10-16(11-14(13)12-17)21(19,20)18(2)15-7-5-4-6-8-15/h9-11,15H,3-8,12H2,1-2H3. The van der Waals surface area contributed by atoms with Crippen molar-refractivity contribution in [2.75, 3.05) is 7.05 Å². The van der Waals surface area contributed by atoms with Gasteiger partial charge in [-0.3, -0.25) is 0 Å². The third kappa shape index (κ3) is 3.61. The van der Waals surface area contributed by atoms with Crippen LogP contribution in [0, 0.1) is 0 Å². The topological polar surface area (TPSA) is 37.4 Å². The van der Waals surface area contributed by atoms with Gasteiger partial charge in [0.2, 0.25) is 10.0 Å². The van der Waals surface area contributed by atoms with Crippen LogP contribution in [0.15, 0.2) is 23.1 Å². The molecule has 1 aliphatic rings. The molecule has 5 heteroatoms. The van der Waals surface area contributed by atoms with Gasteiger partial charge in [-0.05, 0) is 42.5 Å². The average molecular weight is 330 g/mol. The summed E-state index contributed by atoms with van der Waals surface area (Å²) in [6, 6.07) is 5.47. The number of alkyl halides is 1. The summed E-state index contributed by atoms with van der Waals surface area (Å²) >= 11 is 5.95. The van der Waals surface area contributed by atoms with E-state index in [0.29, 0.717) is 10.8 Å². The monoisotopic (exact) mass is 329 g/mol. The van der Waals surface area contributed by atoms with Gasteiger partial charge in [-0.15, -0.1) is 11.6 Å². The SMILES string of the molecule is CCc1ccc(S(=O)(=O)N(C)C2CCCCC2)cc1CCl. The molecule has 0 spiro atoms. The molecule has 3 nitrogen and oxygen atoms in total. The Hall–Kier alpha value is -0.580. The van der Waals surface area contributed by atoms with Crippen molar-refractivity contribution in [3.8, 4) is 0 Å². The highest BCUT2D eigenvalue weighted by atomic mass is 35.5. The molecule has 1 aromatic rings. The molecule has 0 amide bonds. The second kappa shape index (κ2) is 7.12. The highest BCUT2D eigenvalue weighted by molar-refractivity contribution is 7.89. The number of aryl methyl sites for hydroxylation is 1. The van der Waals surface area contributed by atoms with Crippen LogP contribution in [-0.4, -0.2) is 25.8 Å². The van der Waals surface area contributed by atoms with Gasteiger partial charge in [0.1, 0.15) is 0 Å². The summed E-state index contributed by atoms with van der Waals surface area (Å²) in [5.74, 6) is 0.347. The number of rotatable bonds is 5. The fraction of sp³-hybridized carbons (Fsp3) is 0.625. The molecule has 0 saturated heterocycles. The molecule has 21 heavy (non-hydrogen) atoms. The first kappa shape index (κ1) is 16.8. The van der Waals surface area contributed by atoms with Crippen LogP contribution in [0.1, 0.15) is 50.2 Å². The molecule has 0 atom stereocenters. The van der Waals surface area contributed by atoms with Gasteiger partial charge >= 0.3 is 0 Å². The number of benzene rings is 1. The molecule has 1 aliphatic carbocycles. The fourth-order valence-electron chi connectivity index (χ4n) is 3.04. The van der Waals surface area contributed by atoms with Crippen molar-refractivity contribution in [1.29, 1.82) is 0 Å². The summed E-state index contributed by atoms with van der Waals surface area (Å²) in [6.07, 6.45) is 6.24. The number of hydrogen-bond donors (Lipinski definition) is 0. The molecule has 118 valence electrons. The van der Waals surface area contributed by atoms with E-state index in [1.54, 1.807) is 23.5 Å². The van der Waals surface area contributed by atoms with Crippen LogP contribution in [0.5, 0.6) is 0 Å². The molecule has 0 heterocycles. The molecular formula is C16H24ClNO2S. The molecule has 0 radical (unpaired) electrons. The summed E-state index contributed by atoms with van der Waals surface area (Å²) in [4.78, 5) is 0.364. The zero-order chi connectivity index (χ0) is 15.5. The summed E-state index contributed by atoms with van der Waals surface area (Å²) in [5.41, 5.74) is 2.03. The summed E-state index contributed by atoms with van der Waals surface area (Å²) < 4.78 is 27.1. The maximum Gasteiger partial charge on any atom is 0.243 e. The van der Waals surface area contributed by atoms with Crippen LogP contribution in [0.3, 0.4) is 0 Å². The van der Waals surface area contributed by atoms with Crippen LogP contribution in [0.25, 0.3) is 0 Å². The number of halogens is 1. The Morgan fingerprint density at radius 3 is 2.43 bits per heavy atom. The minimum atomic E-state index is -3.42. The van der Waals surface area contributed by atoms with Gasteiger partial charge in [0.05, 0.1) is 4.90 Å². The third-order valence-electron chi connectivity index (χ3n) is 4.47. The van der Waals surface area contributed by atoms with Gasteiger partial charge in [0.25, 0.3) is 0 Å². The van der Waals surface area contributed by atoms with E-state index in [0.717, 1.165) is 43.2 Å². The van der Waals surface area contributed by atoms with E-state index in [9.17, 15) is 8.42 Å². The maximum atomic E-state index is 12.8. The summed E-state index contributed by atoms with van der Waals surface area (Å²) in [7, 11) is -1.71. The van der Waals surface area contributed by atoms with Crippen molar-refractivity contribution in [3.05, 3.63) is 29.3 Å². The molecule has 0 aromatic heterocycles. The van der Waals surface area contributed by atoms with Gasteiger partial charge in [0, 0.05) is 19.0 Å². The van der Waals surface area contributed by atoms with Crippen molar-refractivity contribution in [1.82, 2.24) is 4.31 Å². The Kier molecular flexibility index (Phi) is 5.69. The number of sulfonamides is 1. The van der Waals surface area contributed by atoms with Crippen LogP contribution < -0.4 is 0 Å². The van der Waals surface area contributed by atoms with Gasteiger partial charge in [0.15, 0.2) is 0 Å². The number of hydrogen-bond acceptors (Lipinski definition) is 2. The first-order valence-electron chi connectivity index (χ1n) is 7.66. The Balaban J connectivity index is 2.30. The Bertz CT molecular complexity index is 580. The lowest BCUT2D eigenvalue weighted by molar-refractivity contribution is 0.286. The van der Waals surface area contributed by atoms with E-state index in [1.165, 1.54) is 6.42 Å². The normalized spacial score (nSPS) is 17.3. The number of nitrogens with zero attached hydrogens (tertiary/aromatic N) is 1.